The average Bonchev–Trinajstić information content (AvgIpc) is 2.88. The molecule has 0 fully saturated rings. The summed E-state index contributed by atoms with van der Waals surface area (Å²) in [5, 5.41) is 3.91. The van der Waals surface area contributed by atoms with Crippen LogP contribution in [0.4, 0.5) is 0 Å². The van der Waals surface area contributed by atoms with Crippen molar-refractivity contribution in [2.24, 2.45) is 0 Å². The van der Waals surface area contributed by atoms with E-state index in [2.05, 4.69) is 10.1 Å². The Kier molecular flexibility index (Phi) is 4.51. The Morgan fingerprint density at radius 3 is 2.75 bits per heavy atom. The highest BCUT2D eigenvalue weighted by Crippen LogP contribution is 2.17. The lowest BCUT2D eigenvalue weighted by atomic mass is 10.2. The standard InChI is InChI=1S/C13H17N3O3S/c1-3-8-20(17,18)16(2)10-11-9-13(15-19-11)12-6-4-5-7-14-12/h4-7,9H,3,8,10H2,1-2H3. The molecule has 2 heterocycles. The number of hydrogen-bond acceptors (Lipinski definition) is 5. The van der Waals surface area contributed by atoms with Crippen LogP contribution in [0.5, 0.6) is 0 Å². The molecule has 0 spiro atoms. The highest BCUT2D eigenvalue weighted by molar-refractivity contribution is 7.89. The lowest BCUT2D eigenvalue weighted by Crippen LogP contribution is -2.28. The molecular weight excluding hydrogens is 278 g/mol. The lowest BCUT2D eigenvalue weighted by Gasteiger charge is -2.14. The topological polar surface area (TPSA) is 76.3 Å². The van der Waals surface area contributed by atoms with E-state index in [4.69, 9.17) is 4.52 Å². The minimum Gasteiger partial charge on any atom is -0.359 e. The van der Waals surface area contributed by atoms with E-state index in [-0.39, 0.29) is 12.3 Å². The van der Waals surface area contributed by atoms with E-state index in [1.165, 1.54) is 11.4 Å². The Bertz CT molecular complexity index is 653. The molecule has 0 aliphatic heterocycles. The Morgan fingerprint density at radius 1 is 1.30 bits per heavy atom. The van der Waals surface area contributed by atoms with E-state index in [1.54, 1.807) is 12.3 Å². The smallest absolute Gasteiger partial charge is 0.214 e. The Balaban J connectivity index is 2.11. The van der Waals surface area contributed by atoms with Crippen molar-refractivity contribution in [1.82, 2.24) is 14.4 Å². The first kappa shape index (κ1) is 14.7. The van der Waals surface area contributed by atoms with E-state index >= 15 is 0 Å². The fraction of sp³-hybridized carbons (Fsp3) is 0.385. The Morgan fingerprint density at radius 2 is 2.10 bits per heavy atom. The number of pyridine rings is 1. The zero-order chi connectivity index (χ0) is 14.6. The molecule has 0 N–H and O–H groups in total. The molecule has 108 valence electrons. The van der Waals surface area contributed by atoms with Crippen LogP contribution in [0.25, 0.3) is 11.4 Å². The summed E-state index contributed by atoms with van der Waals surface area (Å²) in [6.45, 7) is 2.00. The minimum absolute atomic E-state index is 0.130. The summed E-state index contributed by atoms with van der Waals surface area (Å²) in [5.41, 5.74) is 1.29. The van der Waals surface area contributed by atoms with Gasteiger partial charge in [0.25, 0.3) is 0 Å². The van der Waals surface area contributed by atoms with E-state index in [0.717, 1.165) is 0 Å². The largest absolute Gasteiger partial charge is 0.359 e. The number of sulfonamides is 1. The molecular formula is C13H17N3O3S. The van der Waals surface area contributed by atoms with E-state index in [1.807, 2.05) is 25.1 Å². The van der Waals surface area contributed by atoms with Gasteiger partial charge in [0.1, 0.15) is 5.69 Å². The van der Waals surface area contributed by atoms with Crippen LogP contribution < -0.4 is 0 Å². The highest BCUT2D eigenvalue weighted by atomic mass is 32.2. The van der Waals surface area contributed by atoms with Gasteiger partial charge in [-0.05, 0) is 18.6 Å². The third kappa shape index (κ3) is 3.43. The maximum absolute atomic E-state index is 11.9. The van der Waals surface area contributed by atoms with Gasteiger partial charge < -0.3 is 4.52 Å². The zero-order valence-electron chi connectivity index (χ0n) is 11.5. The Hall–Kier alpha value is -1.73. The Labute approximate surface area is 118 Å². The van der Waals surface area contributed by atoms with Crippen molar-refractivity contribution >= 4 is 10.0 Å². The molecule has 0 radical (unpaired) electrons. The molecule has 0 bridgehead atoms. The number of aromatic nitrogens is 2. The normalized spacial score (nSPS) is 11.9. The van der Waals surface area contributed by atoms with Gasteiger partial charge in [0, 0.05) is 19.3 Å². The fourth-order valence-corrected chi connectivity index (χ4v) is 2.91. The van der Waals surface area contributed by atoms with Crippen molar-refractivity contribution in [2.45, 2.75) is 19.9 Å². The molecule has 0 saturated heterocycles. The van der Waals surface area contributed by atoms with Crippen molar-refractivity contribution in [3.8, 4) is 11.4 Å². The second-order valence-corrected chi connectivity index (χ2v) is 6.66. The summed E-state index contributed by atoms with van der Waals surface area (Å²) in [5.74, 6) is 0.623. The number of nitrogens with zero attached hydrogens (tertiary/aromatic N) is 3. The van der Waals surface area contributed by atoms with Crippen LogP contribution in [-0.2, 0) is 16.6 Å². The third-order valence-corrected chi connectivity index (χ3v) is 4.80. The van der Waals surface area contributed by atoms with Crippen LogP contribution in [0.3, 0.4) is 0 Å². The molecule has 0 aliphatic rings. The maximum Gasteiger partial charge on any atom is 0.214 e. The third-order valence-electron chi connectivity index (χ3n) is 2.80. The van der Waals surface area contributed by atoms with E-state index < -0.39 is 10.0 Å². The molecule has 2 aromatic rings. The molecule has 0 aromatic carbocycles. The first-order valence-corrected chi connectivity index (χ1v) is 7.95. The van der Waals surface area contributed by atoms with Gasteiger partial charge >= 0.3 is 0 Å². The van der Waals surface area contributed by atoms with Crippen LogP contribution in [0.2, 0.25) is 0 Å². The fourth-order valence-electron chi connectivity index (χ4n) is 1.75. The predicted octanol–water partition coefficient (Wildman–Crippen LogP) is 1.91. The second-order valence-electron chi connectivity index (χ2n) is 4.47. The lowest BCUT2D eigenvalue weighted by molar-refractivity contribution is 0.344. The zero-order valence-corrected chi connectivity index (χ0v) is 12.3. The van der Waals surface area contributed by atoms with Gasteiger partial charge in [0.15, 0.2) is 5.76 Å². The summed E-state index contributed by atoms with van der Waals surface area (Å²) in [4.78, 5) is 4.17. The van der Waals surface area contributed by atoms with Crippen LogP contribution in [0.1, 0.15) is 19.1 Å². The van der Waals surface area contributed by atoms with Gasteiger partial charge in [-0.25, -0.2) is 8.42 Å². The van der Waals surface area contributed by atoms with Gasteiger partial charge in [-0.1, -0.05) is 18.1 Å². The molecule has 0 atom stereocenters. The van der Waals surface area contributed by atoms with Gasteiger partial charge in [-0.15, -0.1) is 0 Å². The van der Waals surface area contributed by atoms with Crippen molar-refractivity contribution < 1.29 is 12.9 Å². The molecule has 0 saturated carbocycles. The molecule has 0 amide bonds. The molecule has 6 nitrogen and oxygen atoms in total. The average molecular weight is 295 g/mol. The summed E-state index contributed by atoms with van der Waals surface area (Å²) in [7, 11) is -1.70. The van der Waals surface area contributed by atoms with Crippen molar-refractivity contribution in [3.63, 3.8) is 0 Å². The van der Waals surface area contributed by atoms with Crippen LogP contribution in [0, 0.1) is 0 Å². The minimum atomic E-state index is -3.23. The van der Waals surface area contributed by atoms with Gasteiger partial charge in [0.05, 0.1) is 18.0 Å². The molecule has 0 aliphatic carbocycles. The second kappa shape index (κ2) is 6.15. The molecule has 2 rings (SSSR count). The predicted molar refractivity (Wildman–Crippen MR) is 75.3 cm³/mol. The van der Waals surface area contributed by atoms with Gasteiger partial charge in [-0.3, -0.25) is 4.98 Å². The summed E-state index contributed by atoms with van der Waals surface area (Å²) in [6.07, 6.45) is 2.25. The van der Waals surface area contributed by atoms with Crippen LogP contribution >= 0.6 is 0 Å². The van der Waals surface area contributed by atoms with Crippen LogP contribution in [-0.4, -0.2) is 35.7 Å². The van der Waals surface area contributed by atoms with Gasteiger partial charge in [-0.2, -0.15) is 4.31 Å². The van der Waals surface area contributed by atoms with E-state index in [9.17, 15) is 8.42 Å². The number of rotatable bonds is 6. The molecule has 20 heavy (non-hydrogen) atoms. The monoisotopic (exact) mass is 295 g/mol. The van der Waals surface area contributed by atoms with Crippen molar-refractivity contribution in [3.05, 3.63) is 36.2 Å². The maximum atomic E-state index is 11.9. The molecule has 7 heteroatoms. The summed E-state index contributed by atoms with van der Waals surface area (Å²) < 4.78 is 30.2. The summed E-state index contributed by atoms with van der Waals surface area (Å²) in [6, 6.07) is 7.20. The van der Waals surface area contributed by atoms with E-state index in [0.29, 0.717) is 23.6 Å². The first-order chi connectivity index (χ1) is 9.53. The molecule has 0 unspecified atom stereocenters. The van der Waals surface area contributed by atoms with Crippen molar-refractivity contribution in [1.29, 1.82) is 0 Å². The first-order valence-electron chi connectivity index (χ1n) is 6.34. The quantitative estimate of drug-likeness (QED) is 0.813. The SMILES string of the molecule is CCCS(=O)(=O)N(C)Cc1cc(-c2ccccn2)no1. The van der Waals surface area contributed by atoms with Crippen molar-refractivity contribution in [2.75, 3.05) is 12.8 Å². The number of hydrogen-bond donors (Lipinski definition) is 0. The van der Waals surface area contributed by atoms with Crippen LogP contribution in [0.15, 0.2) is 35.0 Å². The highest BCUT2D eigenvalue weighted by Gasteiger charge is 2.19. The summed E-state index contributed by atoms with van der Waals surface area (Å²) >= 11 is 0. The molecule has 2 aromatic heterocycles. The van der Waals surface area contributed by atoms with Gasteiger partial charge in [0.2, 0.25) is 10.0 Å².